The number of pyridine rings is 1. The van der Waals surface area contributed by atoms with Crippen molar-refractivity contribution in [3.63, 3.8) is 0 Å². The summed E-state index contributed by atoms with van der Waals surface area (Å²) in [6, 6.07) is 31.5. The maximum absolute atomic E-state index is 6.32. The molecule has 6 heterocycles. The van der Waals surface area contributed by atoms with Gasteiger partial charge in [-0.3, -0.25) is 19.9 Å². The number of methoxy groups -OCH3 is 2. The summed E-state index contributed by atoms with van der Waals surface area (Å²) < 4.78 is 10.7. The lowest BCUT2D eigenvalue weighted by Crippen LogP contribution is -2.46. The molecule has 0 spiro atoms. The third-order valence-electron chi connectivity index (χ3n) is 10.5. The summed E-state index contributed by atoms with van der Waals surface area (Å²) in [7, 11) is 3.33. The lowest BCUT2D eigenvalue weighted by Gasteiger charge is -2.40. The van der Waals surface area contributed by atoms with Gasteiger partial charge in [-0.1, -0.05) is 59.6 Å². The number of nitrogens with zero attached hydrogens (tertiary/aromatic N) is 9. The van der Waals surface area contributed by atoms with Crippen molar-refractivity contribution in [2.45, 2.75) is 11.8 Å². The molecule has 10 rings (SSSR count). The van der Waals surface area contributed by atoms with E-state index in [4.69, 9.17) is 37.7 Å². The van der Waals surface area contributed by atoms with E-state index in [-0.39, 0.29) is 5.92 Å². The molecular weight excluding hydrogens is 769 g/mol. The second kappa shape index (κ2) is 16.2. The largest absolute Gasteiger partial charge is 0.497 e. The van der Waals surface area contributed by atoms with Gasteiger partial charge in [0, 0.05) is 95.9 Å². The maximum Gasteiger partial charge on any atom is 0.225 e. The molecular formula is C45H37Cl2N9O2. The molecule has 2 fully saturated rings. The number of anilines is 2. The number of para-hydroxylation sites is 1. The lowest BCUT2D eigenvalue weighted by atomic mass is 9.92. The minimum Gasteiger partial charge on any atom is -0.497 e. The summed E-state index contributed by atoms with van der Waals surface area (Å²) >= 11 is 12.4. The van der Waals surface area contributed by atoms with Crippen LogP contribution in [0.15, 0.2) is 128 Å². The molecule has 13 heteroatoms. The van der Waals surface area contributed by atoms with Crippen molar-refractivity contribution >= 4 is 56.8 Å². The molecule has 0 aliphatic carbocycles. The van der Waals surface area contributed by atoms with Gasteiger partial charge in [-0.05, 0) is 60.7 Å². The summed E-state index contributed by atoms with van der Waals surface area (Å²) in [4.78, 5) is 36.8. The third kappa shape index (κ3) is 7.54. The maximum atomic E-state index is 6.32. The molecule has 0 bridgehead atoms. The van der Waals surface area contributed by atoms with Gasteiger partial charge in [-0.15, -0.1) is 0 Å². The van der Waals surface area contributed by atoms with Gasteiger partial charge in [0.1, 0.15) is 17.3 Å². The van der Waals surface area contributed by atoms with Gasteiger partial charge in [0.2, 0.25) is 5.95 Å². The SMILES string of the molecule is COc1cccc(-c2nccnc2C2CN(c3ccc4cccc(Cl)c4n3)C2)c1.COc1cccc(-c2nccnc2C2CN(c3ncc4cc(Cl)ccc4n3)C2)c1. The van der Waals surface area contributed by atoms with Crippen molar-refractivity contribution in [3.05, 3.63) is 149 Å². The molecule has 4 aromatic heterocycles. The fourth-order valence-electron chi connectivity index (χ4n) is 7.36. The number of hydrogen-bond acceptors (Lipinski definition) is 11. The molecule has 0 saturated carbocycles. The van der Waals surface area contributed by atoms with Crippen molar-refractivity contribution in [3.8, 4) is 34.0 Å². The average Bonchev–Trinajstić information content (AvgIpc) is 3.23. The molecule has 288 valence electrons. The number of aromatic nitrogens is 7. The average molecular weight is 807 g/mol. The molecule has 11 nitrogen and oxygen atoms in total. The fraction of sp³-hybridized carbons (Fsp3) is 0.178. The summed E-state index contributed by atoms with van der Waals surface area (Å²) in [5, 5.41) is 3.35. The first kappa shape index (κ1) is 37.2. The van der Waals surface area contributed by atoms with Gasteiger partial charge in [0.15, 0.2) is 0 Å². The van der Waals surface area contributed by atoms with Crippen LogP contribution < -0.4 is 19.3 Å². The van der Waals surface area contributed by atoms with Crippen LogP contribution in [0.25, 0.3) is 44.3 Å². The highest BCUT2D eigenvalue weighted by Gasteiger charge is 2.34. The minimum absolute atomic E-state index is 0.273. The van der Waals surface area contributed by atoms with E-state index in [0.29, 0.717) is 16.0 Å². The standard InChI is InChI=1S/C23H19ClN4O.C22H18ClN5O/c1-29-18-6-2-5-16(12-18)22-23(26-11-10-25-22)17-13-28(14-17)20-9-8-15-4-3-7-19(24)21(15)27-20;1-29-18-4-2-3-14(10-18)20-21(25-8-7-24-20)16-12-28(13-16)22-26-11-15-9-17(23)5-6-19(15)27-22/h2-12,17H,13-14H2,1H3;2-11,16H,12-13H2,1H3. The molecule has 0 atom stereocenters. The summed E-state index contributed by atoms with van der Waals surface area (Å²) in [6.45, 7) is 3.29. The van der Waals surface area contributed by atoms with Gasteiger partial charge >= 0.3 is 0 Å². The molecule has 4 aromatic carbocycles. The normalized spacial score (nSPS) is 14.1. The minimum atomic E-state index is 0.273. The number of rotatable bonds is 8. The fourth-order valence-corrected chi connectivity index (χ4v) is 7.76. The van der Waals surface area contributed by atoms with Crippen molar-refractivity contribution in [1.82, 2.24) is 34.9 Å². The molecule has 0 amide bonds. The van der Waals surface area contributed by atoms with Gasteiger partial charge in [0.05, 0.1) is 53.1 Å². The number of halogens is 2. The Balaban J connectivity index is 0.000000150. The Hall–Kier alpha value is -6.43. The Kier molecular flexibility index (Phi) is 10.4. The Morgan fingerprint density at radius 3 is 1.81 bits per heavy atom. The van der Waals surface area contributed by atoms with Gasteiger partial charge in [0.25, 0.3) is 0 Å². The zero-order chi connectivity index (χ0) is 39.6. The van der Waals surface area contributed by atoms with Crippen molar-refractivity contribution in [2.24, 2.45) is 0 Å². The second-order valence-electron chi connectivity index (χ2n) is 14.1. The van der Waals surface area contributed by atoms with Crippen LogP contribution in [0.4, 0.5) is 11.8 Å². The van der Waals surface area contributed by atoms with E-state index in [1.54, 1.807) is 39.0 Å². The highest BCUT2D eigenvalue weighted by Crippen LogP contribution is 2.37. The van der Waals surface area contributed by atoms with Crippen LogP contribution in [0.1, 0.15) is 23.2 Å². The molecule has 2 aliphatic heterocycles. The molecule has 2 aliphatic rings. The van der Waals surface area contributed by atoms with Gasteiger partial charge < -0.3 is 19.3 Å². The summed E-state index contributed by atoms with van der Waals surface area (Å²) in [5.41, 5.74) is 7.55. The third-order valence-corrected chi connectivity index (χ3v) is 11.0. The zero-order valence-corrected chi connectivity index (χ0v) is 33.2. The number of benzene rings is 4. The quantitative estimate of drug-likeness (QED) is 0.146. The molecule has 0 N–H and O–H groups in total. The van der Waals surface area contributed by atoms with E-state index < -0.39 is 0 Å². The summed E-state index contributed by atoms with van der Waals surface area (Å²) in [5.74, 6) is 3.85. The molecule has 0 radical (unpaired) electrons. The van der Waals surface area contributed by atoms with E-state index in [0.717, 1.165) is 105 Å². The Morgan fingerprint density at radius 2 is 1.17 bits per heavy atom. The predicted molar refractivity (Wildman–Crippen MR) is 229 cm³/mol. The number of fused-ring (bicyclic) bond motifs is 2. The Bertz CT molecular complexity index is 2750. The second-order valence-corrected chi connectivity index (χ2v) is 14.9. The molecule has 0 unspecified atom stereocenters. The first-order valence-corrected chi connectivity index (χ1v) is 19.6. The monoisotopic (exact) mass is 805 g/mol. The van der Waals surface area contributed by atoms with Crippen LogP contribution in [0.3, 0.4) is 0 Å². The zero-order valence-electron chi connectivity index (χ0n) is 31.7. The van der Waals surface area contributed by atoms with Crippen LogP contribution in [-0.4, -0.2) is 75.3 Å². The Morgan fingerprint density at radius 1 is 0.569 bits per heavy atom. The first-order chi connectivity index (χ1) is 28.4. The Labute approximate surface area is 345 Å². The predicted octanol–water partition coefficient (Wildman–Crippen LogP) is 9.31. The van der Waals surface area contributed by atoms with Crippen molar-refractivity contribution in [2.75, 3.05) is 50.2 Å². The summed E-state index contributed by atoms with van der Waals surface area (Å²) in [6.07, 6.45) is 8.79. The molecule has 8 aromatic rings. The van der Waals surface area contributed by atoms with Crippen molar-refractivity contribution < 1.29 is 9.47 Å². The van der Waals surface area contributed by atoms with Crippen molar-refractivity contribution in [1.29, 1.82) is 0 Å². The van der Waals surface area contributed by atoms with E-state index in [9.17, 15) is 0 Å². The van der Waals surface area contributed by atoms with Crippen LogP contribution in [0.2, 0.25) is 10.0 Å². The van der Waals surface area contributed by atoms with Crippen LogP contribution in [-0.2, 0) is 0 Å². The van der Waals surface area contributed by atoms with Gasteiger partial charge in [-0.2, -0.15) is 0 Å². The number of hydrogen-bond donors (Lipinski definition) is 0. The van der Waals surface area contributed by atoms with E-state index in [1.807, 2.05) is 91.1 Å². The van der Waals surface area contributed by atoms with Crippen LogP contribution in [0.5, 0.6) is 11.5 Å². The van der Waals surface area contributed by atoms with Crippen LogP contribution >= 0.6 is 23.2 Å². The molecule has 2 saturated heterocycles. The molecule has 58 heavy (non-hydrogen) atoms. The smallest absolute Gasteiger partial charge is 0.225 e. The van der Waals surface area contributed by atoms with E-state index in [2.05, 4.69) is 51.8 Å². The van der Waals surface area contributed by atoms with Gasteiger partial charge in [-0.25, -0.2) is 15.0 Å². The topological polar surface area (TPSA) is 115 Å². The lowest BCUT2D eigenvalue weighted by molar-refractivity contribution is 0.415. The van der Waals surface area contributed by atoms with E-state index >= 15 is 0 Å². The number of ether oxygens (including phenoxy) is 2. The van der Waals surface area contributed by atoms with E-state index in [1.165, 1.54) is 0 Å². The highest BCUT2D eigenvalue weighted by atomic mass is 35.5. The highest BCUT2D eigenvalue weighted by molar-refractivity contribution is 6.35. The first-order valence-electron chi connectivity index (χ1n) is 18.8. The van der Waals surface area contributed by atoms with Crippen LogP contribution in [0, 0.1) is 0 Å².